The van der Waals surface area contributed by atoms with Gasteiger partial charge in [0.1, 0.15) is 5.82 Å². The molecular weight excluding hydrogens is 277 g/mol. The van der Waals surface area contributed by atoms with E-state index in [0.29, 0.717) is 12.0 Å². The van der Waals surface area contributed by atoms with Gasteiger partial charge in [0.25, 0.3) is 0 Å². The highest BCUT2D eigenvalue weighted by atomic mass is 35.5. The predicted molar refractivity (Wildman–Crippen MR) is 71.4 cm³/mol. The maximum atomic E-state index is 13.1. The predicted octanol–water partition coefficient (Wildman–Crippen LogP) is 2.19. The van der Waals surface area contributed by atoms with Gasteiger partial charge in [-0.15, -0.1) is 11.6 Å². The number of alkyl halides is 1. The first-order valence-electron chi connectivity index (χ1n) is 5.70. The summed E-state index contributed by atoms with van der Waals surface area (Å²) in [6.45, 7) is 0. The summed E-state index contributed by atoms with van der Waals surface area (Å²) in [6, 6.07) is 4.36. The lowest BCUT2D eigenvalue weighted by molar-refractivity contribution is 0.600. The molecule has 3 nitrogen and oxygen atoms in total. The Hall–Kier alpha value is -0.810. The van der Waals surface area contributed by atoms with E-state index in [1.807, 2.05) is 11.9 Å². The van der Waals surface area contributed by atoms with Crippen LogP contribution in [0.5, 0.6) is 0 Å². The molecule has 0 amide bonds. The minimum Gasteiger partial charge on any atom is -0.370 e. The van der Waals surface area contributed by atoms with E-state index >= 15 is 0 Å². The van der Waals surface area contributed by atoms with Gasteiger partial charge in [0.05, 0.1) is 11.5 Å². The van der Waals surface area contributed by atoms with Crippen LogP contribution in [0.3, 0.4) is 0 Å². The molecule has 1 unspecified atom stereocenters. The number of hydrogen-bond donors (Lipinski definition) is 0. The standard InChI is InChI=1S/C12H15ClFNO2S/c1-15(11-4-5-18(16,17)8-11)12-3-2-10(14)6-9(12)7-13/h2-3,6,11H,4-5,7-8H2,1H3. The molecule has 0 spiro atoms. The lowest BCUT2D eigenvalue weighted by Crippen LogP contribution is -2.33. The molecule has 1 aliphatic rings. The minimum atomic E-state index is -2.92. The zero-order valence-corrected chi connectivity index (χ0v) is 11.6. The highest BCUT2D eigenvalue weighted by Crippen LogP contribution is 2.27. The van der Waals surface area contributed by atoms with Crippen molar-refractivity contribution in [2.24, 2.45) is 0 Å². The van der Waals surface area contributed by atoms with Crippen LogP contribution in [-0.2, 0) is 15.7 Å². The Balaban J connectivity index is 2.26. The van der Waals surface area contributed by atoms with Crippen molar-refractivity contribution in [3.8, 4) is 0 Å². The number of benzene rings is 1. The van der Waals surface area contributed by atoms with Crippen molar-refractivity contribution in [2.45, 2.75) is 18.3 Å². The van der Waals surface area contributed by atoms with Crippen LogP contribution in [0.1, 0.15) is 12.0 Å². The normalized spacial score (nSPS) is 22.1. The van der Waals surface area contributed by atoms with Gasteiger partial charge in [-0.3, -0.25) is 0 Å². The van der Waals surface area contributed by atoms with Gasteiger partial charge in [-0.25, -0.2) is 12.8 Å². The molecule has 0 aromatic heterocycles. The Morgan fingerprint density at radius 2 is 2.22 bits per heavy atom. The largest absolute Gasteiger partial charge is 0.370 e. The molecule has 0 aliphatic carbocycles. The molecule has 1 atom stereocenters. The summed E-state index contributed by atoms with van der Waals surface area (Å²) in [5.41, 5.74) is 1.48. The Morgan fingerprint density at radius 3 is 2.78 bits per heavy atom. The second kappa shape index (κ2) is 5.05. The first kappa shape index (κ1) is 13.6. The van der Waals surface area contributed by atoms with E-state index in [9.17, 15) is 12.8 Å². The van der Waals surface area contributed by atoms with E-state index in [0.717, 1.165) is 5.69 Å². The minimum absolute atomic E-state index is 0.0533. The number of hydrogen-bond acceptors (Lipinski definition) is 3. The Labute approximate surface area is 111 Å². The van der Waals surface area contributed by atoms with Crippen LogP contribution in [0.25, 0.3) is 0 Å². The highest BCUT2D eigenvalue weighted by Gasteiger charge is 2.31. The molecule has 0 N–H and O–H groups in total. The molecule has 6 heteroatoms. The van der Waals surface area contributed by atoms with Crippen LogP contribution in [0.15, 0.2) is 18.2 Å². The van der Waals surface area contributed by atoms with Gasteiger partial charge >= 0.3 is 0 Å². The molecule has 1 saturated heterocycles. The lowest BCUT2D eigenvalue weighted by Gasteiger charge is -2.27. The summed E-state index contributed by atoms with van der Waals surface area (Å²) in [4.78, 5) is 1.89. The van der Waals surface area contributed by atoms with Crippen LogP contribution in [0.4, 0.5) is 10.1 Å². The summed E-state index contributed by atoms with van der Waals surface area (Å²) >= 11 is 5.80. The third kappa shape index (κ3) is 2.78. The van der Waals surface area contributed by atoms with Crippen molar-refractivity contribution in [3.63, 3.8) is 0 Å². The first-order valence-corrected chi connectivity index (χ1v) is 8.06. The second-order valence-electron chi connectivity index (χ2n) is 4.57. The molecule has 1 aromatic rings. The molecule has 1 aliphatic heterocycles. The van der Waals surface area contributed by atoms with Gasteiger partial charge in [-0.05, 0) is 30.2 Å². The van der Waals surface area contributed by atoms with Crippen LogP contribution < -0.4 is 4.90 Å². The number of anilines is 1. The molecule has 18 heavy (non-hydrogen) atoms. The van der Waals surface area contributed by atoms with E-state index < -0.39 is 9.84 Å². The van der Waals surface area contributed by atoms with Crippen LogP contribution in [0, 0.1) is 5.82 Å². The van der Waals surface area contributed by atoms with Crippen LogP contribution >= 0.6 is 11.6 Å². The van der Waals surface area contributed by atoms with E-state index in [2.05, 4.69) is 0 Å². The van der Waals surface area contributed by atoms with Gasteiger partial charge < -0.3 is 4.90 Å². The molecule has 2 rings (SSSR count). The van der Waals surface area contributed by atoms with Crippen molar-refractivity contribution in [2.75, 3.05) is 23.5 Å². The van der Waals surface area contributed by atoms with Crippen molar-refractivity contribution in [1.82, 2.24) is 0 Å². The number of rotatable bonds is 3. The van der Waals surface area contributed by atoms with E-state index in [1.165, 1.54) is 12.1 Å². The lowest BCUT2D eigenvalue weighted by atomic mass is 10.1. The molecule has 1 fully saturated rings. The van der Waals surface area contributed by atoms with Gasteiger partial charge in [0, 0.05) is 24.7 Å². The molecule has 1 heterocycles. The maximum absolute atomic E-state index is 13.1. The van der Waals surface area contributed by atoms with Crippen molar-refractivity contribution >= 4 is 27.1 Å². The van der Waals surface area contributed by atoms with Gasteiger partial charge in [-0.1, -0.05) is 0 Å². The fourth-order valence-electron chi connectivity index (χ4n) is 2.28. The topological polar surface area (TPSA) is 37.4 Å². The third-order valence-corrected chi connectivity index (χ3v) is 5.36. The fourth-order valence-corrected chi connectivity index (χ4v) is 4.27. The quantitative estimate of drug-likeness (QED) is 0.801. The fraction of sp³-hybridized carbons (Fsp3) is 0.500. The molecule has 0 bridgehead atoms. The average Bonchev–Trinajstić information content (AvgIpc) is 2.68. The maximum Gasteiger partial charge on any atom is 0.152 e. The number of nitrogens with zero attached hydrogens (tertiary/aromatic N) is 1. The van der Waals surface area contributed by atoms with Crippen molar-refractivity contribution < 1.29 is 12.8 Å². The summed E-state index contributed by atoms with van der Waals surface area (Å²) in [5, 5.41) is 0. The molecular formula is C12H15ClFNO2S. The molecule has 1 aromatic carbocycles. The smallest absolute Gasteiger partial charge is 0.152 e. The molecule has 100 valence electrons. The third-order valence-electron chi connectivity index (χ3n) is 3.32. The highest BCUT2D eigenvalue weighted by molar-refractivity contribution is 7.91. The Bertz CT molecular complexity index is 547. The SMILES string of the molecule is CN(c1ccc(F)cc1CCl)C1CCS(=O)(=O)C1. The van der Waals surface area contributed by atoms with Crippen molar-refractivity contribution in [1.29, 1.82) is 0 Å². The summed E-state index contributed by atoms with van der Waals surface area (Å²) < 4.78 is 36.1. The zero-order chi connectivity index (χ0) is 13.3. The molecule has 0 saturated carbocycles. The van der Waals surface area contributed by atoms with Crippen LogP contribution in [0.2, 0.25) is 0 Å². The second-order valence-corrected chi connectivity index (χ2v) is 7.07. The molecule has 0 radical (unpaired) electrons. The monoisotopic (exact) mass is 291 g/mol. The zero-order valence-electron chi connectivity index (χ0n) is 10.1. The summed E-state index contributed by atoms with van der Waals surface area (Å²) in [6.07, 6.45) is 0.609. The van der Waals surface area contributed by atoms with Gasteiger partial charge in [0.15, 0.2) is 9.84 Å². The number of sulfone groups is 1. The summed E-state index contributed by atoms with van der Waals surface area (Å²) in [5.74, 6) is 0.251. The van der Waals surface area contributed by atoms with Gasteiger partial charge in [-0.2, -0.15) is 0 Å². The van der Waals surface area contributed by atoms with Gasteiger partial charge in [0.2, 0.25) is 0 Å². The Morgan fingerprint density at radius 1 is 1.50 bits per heavy atom. The van der Waals surface area contributed by atoms with E-state index in [4.69, 9.17) is 11.6 Å². The van der Waals surface area contributed by atoms with E-state index in [-0.39, 0.29) is 29.2 Å². The van der Waals surface area contributed by atoms with Crippen molar-refractivity contribution in [3.05, 3.63) is 29.6 Å². The van der Waals surface area contributed by atoms with E-state index in [1.54, 1.807) is 6.07 Å². The van der Waals surface area contributed by atoms with Crippen LogP contribution in [-0.4, -0.2) is 33.0 Å². The average molecular weight is 292 g/mol. The number of halogens is 2. The Kier molecular flexibility index (Phi) is 3.82. The first-order chi connectivity index (χ1) is 8.43. The summed E-state index contributed by atoms with van der Waals surface area (Å²) in [7, 11) is -1.10.